The molecule has 0 heterocycles. The number of rotatable bonds is 0. The predicted octanol–water partition coefficient (Wildman–Crippen LogP) is -0.746. The topological polar surface area (TPSA) is 49.3 Å². The van der Waals surface area contributed by atoms with E-state index < -0.39 is 4.81 Å². The molecule has 0 spiro atoms. The summed E-state index contributed by atoms with van der Waals surface area (Å²) in [5.41, 5.74) is 1.33. The van der Waals surface area contributed by atoms with Gasteiger partial charge in [-0.25, -0.2) is 0 Å². The predicted molar refractivity (Wildman–Crippen MR) is 16.1 cm³/mol. The van der Waals surface area contributed by atoms with Gasteiger partial charge in [0.25, 0.3) is 0 Å². The third kappa shape index (κ3) is 3.95. The van der Waals surface area contributed by atoms with Crippen LogP contribution in [0, 0.1) is 0 Å². The minimum absolute atomic E-state index is 0.565. The molecule has 0 aliphatic rings. The van der Waals surface area contributed by atoms with Crippen molar-refractivity contribution in [3.63, 3.8) is 0 Å². The zero-order valence-corrected chi connectivity index (χ0v) is 3.98. The molecule has 0 fully saturated rings. The van der Waals surface area contributed by atoms with Crippen LogP contribution in [0.15, 0.2) is 0 Å². The number of hydrogen-bond acceptors (Lipinski definition) is 2. The van der Waals surface area contributed by atoms with E-state index in [0.29, 0.717) is 0 Å². The SMILES string of the molecule is O=C([Se])NO. The number of carbonyl (C=O) groups is 1. The number of hydrogen-bond donors (Lipinski definition) is 2. The molecule has 1 radical (unpaired) electrons. The molecule has 3 nitrogen and oxygen atoms in total. The Bertz CT molecular complexity index is 44.9. The fourth-order valence-electron chi connectivity index (χ4n) is 0. The van der Waals surface area contributed by atoms with E-state index in [4.69, 9.17) is 5.21 Å². The van der Waals surface area contributed by atoms with Crippen LogP contribution < -0.4 is 5.48 Å². The van der Waals surface area contributed by atoms with Crippen molar-refractivity contribution in [2.45, 2.75) is 0 Å². The van der Waals surface area contributed by atoms with Gasteiger partial charge < -0.3 is 0 Å². The summed E-state index contributed by atoms with van der Waals surface area (Å²) in [6.45, 7) is 0. The molecule has 0 aromatic carbocycles. The van der Waals surface area contributed by atoms with Crippen molar-refractivity contribution in [1.82, 2.24) is 5.48 Å². The van der Waals surface area contributed by atoms with E-state index in [9.17, 15) is 4.79 Å². The second-order valence-corrected chi connectivity index (χ2v) is 1.18. The quantitative estimate of drug-likeness (QED) is 0.263. The zero-order chi connectivity index (χ0) is 4.28. The van der Waals surface area contributed by atoms with Crippen molar-refractivity contribution >= 4 is 20.8 Å². The Labute approximate surface area is 37.1 Å². The van der Waals surface area contributed by atoms with E-state index in [1.165, 1.54) is 5.48 Å². The third-order valence-electron chi connectivity index (χ3n) is 0.0913. The number of nitrogens with one attached hydrogen (secondary N) is 1. The van der Waals surface area contributed by atoms with Crippen molar-refractivity contribution in [2.24, 2.45) is 0 Å². The summed E-state index contributed by atoms with van der Waals surface area (Å²) in [6.07, 6.45) is 0. The molecule has 29 valence electrons. The van der Waals surface area contributed by atoms with Crippen LogP contribution in [0.5, 0.6) is 0 Å². The normalized spacial score (nSPS) is 6.60. The molecule has 0 atom stereocenters. The van der Waals surface area contributed by atoms with Gasteiger partial charge in [-0.3, -0.25) is 0 Å². The molecule has 0 unspecified atom stereocenters. The van der Waals surface area contributed by atoms with E-state index in [-0.39, 0.29) is 0 Å². The Morgan fingerprint density at radius 2 is 2.20 bits per heavy atom. The van der Waals surface area contributed by atoms with E-state index in [0.717, 1.165) is 0 Å². The van der Waals surface area contributed by atoms with E-state index in [1.54, 1.807) is 0 Å². The first kappa shape index (κ1) is 4.95. The maximum atomic E-state index is 9.40. The Morgan fingerprint density at radius 1 is 2.00 bits per heavy atom. The number of hydroxylamine groups is 1. The summed E-state index contributed by atoms with van der Waals surface area (Å²) >= 11 is 1.99. The average molecular weight is 139 g/mol. The van der Waals surface area contributed by atoms with Crippen LogP contribution in [0.4, 0.5) is 4.79 Å². The van der Waals surface area contributed by atoms with Gasteiger partial charge in [0.2, 0.25) is 0 Å². The van der Waals surface area contributed by atoms with Gasteiger partial charge in [0.15, 0.2) is 0 Å². The van der Waals surface area contributed by atoms with Crippen LogP contribution in [0.2, 0.25) is 0 Å². The molecule has 5 heavy (non-hydrogen) atoms. The van der Waals surface area contributed by atoms with Crippen molar-refractivity contribution in [3.8, 4) is 0 Å². The van der Waals surface area contributed by atoms with Crippen molar-refractivity contribution < 1.29 is 10.0 Å². The summed E-state index contributed by atoms with van der Waals surface area (Å²) in [4.78, 5) is 8.83. The summed E-state index contributed by atoms with van der Waals surface area (Å²) in [6, 6.07) is 0. The molecular weight excluding hydrogens is 137 g/mol. The van der Waals surface area contributed by atoms with Crippen molar-refractivity contribution in [3.05, 3.63) is 0 Å². The number of amides is 1. The van der Waals surface area contributed by atoms with Crippen LogP contribution in [0.3, 0.4) is 0 Å². The van der Waals surface area contributed by atoms with Gasteiger partial charge >= 0.3 is 36.3 Å². The van der Waals surface area contributed by atoms with E-state index >= 15 is 0 Å². The Hall–Kier alpha value is -0.0505. The zero-order valence-electron chi connectivity index (χ0n) is 2.26. The van der Waals surface area contributed by atoms with Crippen molar-refractivity contribution in [2.75, 3.05) is 0 Å². The molecule has 2 N–H and O–H groups in total. The molecule has 0 bridgehead atoms. The summed E-state index contributed by atoms with van der Waals surface area (Å²) in [5, 5.41) is 7.51. The summed E-state index contributed by atoms with van der Waals surface area (Å²) < 4.78 is 0. The first-order chi connectivity index (χ1) is 2.27. The monoisotopic (exact) mass is 140 g/mol. The molecule has 0 rings (SSSR count). The second kappa shape index (κ2) is 2.20. The Morgan fingerprint density at radius 3 is 2.20 bits per heavy atom. The first-order valence-electron chi connectivity index (χ1n) is 0.882. The average Bonchev–Trinajstić information content (AvgIpc) is 1.38. The van der Waals surface area contributed by atoms with Crippen LogP contribution >= 0.6 is 0 Å². The van der Waals surface area contributed by atoms with Gasteiger partial charge in [-0.2, -0.15) is 0 Å². The molecule has 0 aliphatic heterocycles. The van der Waals surface area contributed by atoms with Crippen LogP contribution in [-0.2, 0) is 0 Å². The van der Waals surface area contributed by atoms with Gasteiger partial charge in [0.05, 0.1) is 0 Å². The fourth-order valence-corrected chi connectivity index (χ4v) is 0. The Balaban J connectivity index is 2.85. The van der Waals surface area contributed by atoms with Gasteiger partial charge in [-0.05, 0) is 0 Å². The van der Waals surface area contributed by atoms with E-state index in [1.807, 2.05) is 16.0 Å². The molecule has 0 aromatic rings. The third-order valence-corrected chi connectivity index (χ3v) is 0.283. The summed E-state index contributed by atoms with van der Waals surface area (Å²) in [5.74, 6) is 0. The molecule has 4 heteroatoms. The second-order valence-electron chi connectivity index (χ2n) is 0.399. The molecular formula is CH2NO2Se. The van der Waals surface area contributed by atoms with Gasteiger partial charge in [0.1, 0.15) is 0 Å². The van der Waals surface area contributed by atoms with Crippen LogP contribution in [0.25, 0.3) is 0 Å². The fraction of sp³-hybridized carbons (Fsp3) is 0. The molecule has 1 amide bonds. The standard InChI is InChI=1S/CH2NO2Se/c3-1(5)2-4/h4H,(H,2,3). The van der Waals surface area contributed by atoms with Gasteiger partial charge in [-0.1, -0.05) is 0 Å². The molecule has 0 aromatic heterocycles. The number of carbonyl (C=O) groups excluding carboxylic acids is 1. The summed E-state index contributed by atoms with van der Waals surface area (Å²) in [7, 11) is 0. The molecule has 0 saturated carbocycles. The van der Waals surface area contributed by atoms with Crippen LogP contribution in [-0.4, -0.2) is 26.0 Å². The van der Waals surface area contributed by atoms with Gasteiger partial charge in [-0.15, -0.1) is 0 Å². The van der Waals surface area contributed by atoms with Crippen LogP contribution in [0.1, 0.15) is 0 Å². The van der Waals surface area contributed by atoms with Crippen molar-refractivity contribution in [1.29, 1.82) is 0 Å². The Kier molecular flexibility index (Phi) is 2.18. The molecule has 0 aliphatic carbocycles. The first-order valence-corrected chi connectivity index (χ1v) is 1.74. The molecule has 0 saturated heterocycles. The van der Waals surface area contributed by atoms with E-state index in [2.05, 4.69) is 0 Å². The maximum absolute atomic E-state index is 9.40. The minimum atomic E-state index is -0.565. The van der Waals surface area contributed by atoms with Gasteiger partial charge in [0, 0.05) is 0 Å².